The molecule has 3 heteroatoms. The Morgan fingerprint density at radius 2 is 1.85 bits per heavy atom. The summed E-state index contributed by atoms with van der Waals surface area (Å²) in [5.41, 5.74) is 2.39. The van der Waals surface area contributed by atoms with Gasteiger partial charge < -0.3 is 5.11 Å². The molecule has 1 aromatic rings. The molecule has 1 N–H and O–H groups in total. The second-order valence-corrected chi connectivity index (χ2v) is 8.06. The SMILES string of the molecule is Cc1cc(Br)cc(CN2CCC(C(C)(C)C)CC2)c1O. The molecule has 1 fully saturated rings. The van der Waals surface area contributed by atoms with Gasteiger partial charge in [-0.1, -0.05) is 36.7 Å². The van der Waals surface area contributed by atoms with Gasteiger partial charge in [0.05, 0.1) is 0 Å². The Balaban J connectivity index is 2.00. The van der Waals surface area contributed by atoms with Gasteiger partial charge in [0, 0.05) is 16.6 Å². The van der Waals surface area contributed by atoms with Gasteiger partial charge in [-0.3, -0.25) is 4.90 Å². The van der Waals surface area contributed by atoms with Gasteiger partial charge in [0.1, 0.15) is 5.75 Å². The summed E-state index contributed by atoms with van der Waals surface area (Å²) >= 11 is 3.52. The van der Waals surface area contributed by atoms with E-state index in [4.69, 9.17) is 0 Å². The second kappa shape index (κ2) is 6.07. The third-order valence-corrected chi connectivity index (χ3v) is 5.01. The smallest absolute Gasteiger partial charge is 0.123 e. The van der Waals surface area contributed by atoms with Crippen molar-refractivity contribution in [3.05, 3.63) is 27.7 Å². The van der Waals surface area contributed by atoms with Crippen molar-refractivity contribution >= 4 is 15.9 Å². The molecule has 1 saturated heterocycles. The van der Waals surface area contributed by atoms with Crippen LogP contribution in [0, 0.1) is 18.3 Å². The summed E-state index contributed by atoms with van der Waals surface area (Å²) in [6.07, 6.45) is 2.52. The van der Waals surface area contributed by atoms with E-state index in [9.17, 15) is 5.11 Å². The highest BCUT2D eigenvalue weighted by Gasteiger charge is 2.28. The van der Waals surface area contributed by atoms with Crippen LogP contribution < -0.4 is 0 Å². The number of hydrogen-bond acceptors (Lipinski definition) is 2. The Kier molecular flexibility index (Phi) is 4.80. The summed E-state index contributed by atoms with van der Waals surface area (Å²) in [5, 5.41) is 10.2. The fourth-order valence-electron chi connectivity index (χ4n) is 3.12. The van der Waals surface area contributed by atoms with Crippen molar-refractivity contribution in [3.8, 4) is 5.75 Å². The first-order valence-corrected chi connectivity index (χ1v) is 8.27. The minimum Gasteiger partial charge on any atom is -0.507 e. The van der Waals surface area contributed by atoms with E-state index >= 15 is 0 Å². The molecule has 0 aliphatic carbocycles. The van der Waals surface area contributed by atoms with Crippen LogP contribution in [0.2, 0.25) is 0 Å². The molecule has 2 rings (SSSR count). The first-order chi connectivity index (χ1) is 9.27. The standard InChI is InChI=1S/C17H26BrNO/c1-12-9-15(18)10-13(16(12)20)11-19-7-5-14(6-8-19)17(2,3)4/h9-10,14,20H,5-8,11H2,1-4H3. The molecular formula is C17H26BrNO. The number of aryl methyl sites for hydroxylation is 1. The van der Waals surface area contributed by atoms with Crippen molar-refractivity contribution < 1.29 is 5.11 Å². The van der Waals surface area contributed by atoms with Crippen LogP contribution in [-0.4, -0.2) is 23.1 Å². The molecule has 20 heavy (non-hydrogen) atoms. The molecule has 0 atom stereocenters. The minimum atomic E-state index is 0.417. The van der Waals surface area contributed by atoms with E-state index in [0.29, 0.717) is 11.2 Å². The van der Waals surface area contributed by atoms with Crippen molar-refractivity contribution in [2.75, 3.05) is 13.1 Å². The highest BCUT2D eigenvalue weighted by Crippen LogP contribution is 2.35. The van der Waals surface area contributed by atoms with E-state index in [1.807, 2.05) is 19.1 Å². The van der Waals surface area contributed by atoms with E-state index in [1.165, 1.54) is 12.8 Å². The van der Waals surface area contributed by atoms with E-state index in [-0.39, 0.29) is 0 Å². The third-order valence-electron chi connectivity index (χ3n) is 4.55. The summed E-state index contributed by atoms with van der Waals surface area (Å²) in [5.74, 6) is 1.27. The topological polar surface area (TPSA) is 23.5 Å². The Morgan fingerprint density at radius 1 is 1.25 bits per heavy atom. The highest BCUT2D eigenvalue weighted by atomic mass is 79.9. The second-order valence-electron chi connectivity index (χ2n) is 7.15. The monoisotopic (exact) mass is 339 g/mol. The fourth-order valence-corrected chi connectivity index (χ4v) is 3.74. The van der Waals surface area contributed by atoms with Gasteiger partial charge in [-0.2, -0.15) is 0 Å². The number of rotatable bonds is 2. The first-order valence-electron chi connectivity index (χ1n) is 7.47. The van der Waals surface area contributed by atoms with Crippen molar-refractivity contribution in [1.29, 1.82) is 0 Å². The zero-order chi connectivity index (χ0) is 14.9. The van der Waals surface area contributed by atoms with Gasteiger partial charge in [0.25, 0.3) is 0 Å². The molecule has 0 aromatic heterocycles. The molecule has 1 aliphatic heterocycles. The van der Waals surface area contributed by atoms with E-state index in [0.717, 1.165) is 41.2 Å². The molecule has 0 saturated carbocycles. The Morgan fingerprint density at radius 3 is 2.40 bits per heavy atom. The van der Waals surface area contributed by atoms with Crippen molar-refractivity contribution in [1.82, 2.24) is 4.90 Å². The molecule has 0 bridgehead atoms. The zero-order valence-electron chi connectivity index (χ0n) is 13.0. The Bertz CT molecular complexity index is 471. The molecule has 2 nitrogen and oxygen atoms in total. The maximum atomic E-state index is 10.2. The number of phenols is 1. The van der Waals surface area contributed by atoms with Crippen molar-refractivity contribution in [2.24, 2.45) is 11.3 Å². The number of aromatic hydroxyl groups is 1. The number of halogens is 1. The molecule has 0 unspecified atom stereocenters. The lowest BCUT2D eigenvalue weighted by atomic mass is 9.75. The molecular weight excluding hydrogens is 314 g/mol. The lowest BCUT2D eigenvalue weighted by molar-refractivity contribution is 0.107. The zero-order valence-corrected chi connectivity index (χ0v) is 14.6. The Labute approximate surface area is 131 Å². The Hall–Kier alpha value is -0.540. The van der Waals surface area contributed by atoms with Gasteiger partial charge >= 0.3 is 0 Å². The van der Waals surface area contributed by atoms with Crippen LogP contribution >= 0.6 is 15.9 Å². The van der Waals surface area contributed by atoms with Gasteiger partial charge in [-0.25, -0.2) is 0 Å². The van der Waals surface area contributed by atoms with Crippen LogP contribution in [0.15, 0.2) is 16.6 Å². The molecule has 0 radical (unpaired) electrons. The maximum Gasteiger partial charge on any atom is 0.123 e. The average molecular weight is 340 g/mol. The summed E-state index contributed by atoms with van der Waals surface area (Å²) < 4.78 is 1.05. The number of nitrogens with zero attached hydrogens (tertiary/aromatic N) is 1. The van der Waals surface area contributed by atoms with Crippen molar-refractivity contribution in [3.63, 3.8) is 0 Å². The maximum absolute atomic E-state index is 10.2. The van der Waals surface area contributed by atoms with Crippen molar-refractivity contribution in [2.45, 2.75) is 47.1 Å². The lowest BCUT2D eigenvalue weighted by Crippen LogP contribution is -2.37. The minimum absolute atomic E-state index is 0.417. The quantitative estimate of drug-likeness (QED) is 0.842. The predicted molar refractivity (Wildman–Crippen MR) is 88.0 cm³/mol. The summed E-state index contributed by atoms with van der Waals surface area (Å²) in [4.78, 5) is 2.46. The van der Waals surface area contributed by atoms with Gasteiger partial charge in [-0.15, -0.1) is 0 Å². The van der Waals surface area contributed by atoms with Crippen LogP contribution in [0.5, 0.6) is 5.75 Å². The molecule has 1 heterocycles. The van der Waals surface area contributed by atoms with Crippen LogP contribution in [0.4, 0.5) is 0 Å². The fraction of sp³-hybridized carbons (Fsp3) is 0.647. The first kappa shape index (κ1) is 15.8. The largest absolute Gasteiger partial charge is 0.507 e. The van der Waals surface area contributed by atoms with E-state index in [2.05, 4.69) is 41.6 Å². The van der Waals surface area contributed by atoms with Crippen LogP contribution in [0.3, 0.4) is 0 Å². The average Bonchev–Trinajstić information content (AvgIpc) is 2.35. The summed E-state index contributed by atoms with van der Waals surface area (Å²) in [6.45, 7) is 12.1. The van der Waals surface area contributed by atoms with Gasteiger partial charge in [-0.05, 0) is 61.9 Å². The van der Waals surface area contributed by atoms with Crippen LogP contribution in [-0.2, 0) is 6.54 Å². The summed E-state index contributed by atoms with van der Waals surface area (Å²) in [7, 11) is 0. The predicted octanol–water partition coefficient (Wildman–Crippen LogP) is 4.72. The van der Waals surface area contributed by atoms with E-state index < -0.39 is 0 Å². The summed E-state index contributed by atoms with van der Waals surface area (Å²) in [6, 6.07) is 4.00. The molecule has 0 spiro atoms. The highest BCUT2D eigenvalue weighted by molar-refractivity contribution is 9.10. The van der Waals surface area contributed by atoms with Crippen LogP contribution in [0.1, 0.15) is 44.7 Å². The number of hydrogen-bond donors (Lipinski definition) is 1. The molecule has 1 aliphatic rings. The van der Waals surface area contributed by atoms with Gasteiger partial charge in [0.15, 0.2) is 0 Å². The number of phenolic OH excluding ortho intramolecular Hbond substituents is 1. The van der Waals surface area contributed by atoms with Crippen LogP contribution in [0.25, 0.3) is 0 Å². The van der Waals surface area contributed by atoms with Gasteiger partial charge in [0.2, 0.25) is 0 Å². The molecule has 112 valence electrons. The molecule has 0 amide bonds. The normalized spacial score (nSPS) is 18.4. The third kappa shape index (κ3) is 3.76. The number of benzene rings is 1. The lowest BCUT2D eigenvalue weighted by Gasteiger charge is -2.38. The number of likely N-dealkylation sites (tertiary alicyclic amines) is 1. The van der Waals surface area contributed by atoms with E-state index in [1.54, 1.807) is 0 Å². The molecule has 1 aromatic carbocycles. The number of piperidine rings is 1.